The molecule has 3 nitrogen and oxygen atoms in total. The molecule has 0 atom stereocenters. The summed E-state index contributed by atoms with van der Waals surface area (Å²) in [7, 11) is 0. The lowest BCUT2D eigenvalue weighted by atomic mass is 10.2. The van der Waals surface area contributed by atoms with E-state index in [1.807, 2.05) is 0 Å². The molecule has 3 heteroatoms. The summed E-state index contributed by atoms with van der Waals surface area (Å²) in [6.07, 6.45) is 2.03. The van der Waals surface area contributed by atoms with E-state index in [1.165, 1.54) is 0 Å². The van der Waals surface area contributed by atoms with Crippen LogP contribution in [0.3, 0.4) is 0 Å². The lowest BCUT2D eigenvalue weighted by Gasteiger charge is -2.29. The van der Waals surface area contributed by atoms with E-state index in [-0.39, 0.29) is 0 Å². The number of aliphatic hydroxyl groups is 1. The largest absolute Gasteiger partial charge is 0.396 e. The number of unbranched alkanes of at least 4 members (excludes halogenated alkanes) is 1. The van der Waals surface area contributed by atoms with Gasteiger partial charge in [-0.2, -0.15) is 0 Å². The van der Waals surface area contributed by atoms with Crippen molar-refractivity contribution in [2.75, 3.05) is 39.3 Å². The summed E-state index contributed by atoms with van der Waals surface area (Å²) in [4.78, 5) is 4.97. The molecule has 16 heavy (non-hydrogen) atoms. The lowest BCUT2D eigenvalue weighted by Crippen LogP contribution is -2.39. The molecular formula is C13H30N2O. The highest BCUT2D eigenvalue weighted by atomic mass is 16.2. The van der Waals surface area contributed by atoms with E-state index < -0.39 is 0 Å². The van der Waals surface area contributed by atoms with Gasteiger partial charge in [-0.15, -0.1) is 0 Å². The molecule has 0 amide bonds. The van der Waals surface area contributed by atoms with Crippen LogP contribution >= 0.6 is 0 Å². The van der Waals surface area contributed by atoms with Crippen molar-refractivity contribution in [2.45, 2.75) is 46.6 Å². The average molecular weight is 230 g/mol. The SMILES string of the molecule is CCN(CC)CCN(CCCCO)C(C)C. The second-order valence-electron chi connectivity index (χ2n) is 4.59. The van der Waals surface area contributed by atoms with Gasteiger partial charge in [0.25, 0.3) is 0 Å². The molecule has 0 aliphatic rings. The number of hydrogen-bond acceptors (Lipinski definition) is 3. The predicted molar refractivity (Wildman–Crippen MR) is 70.8 cm³/mol. The first-order valence-corrected chi connectivity index (χ1v) is 6.72. The number of likely N-dealkylation sites (N-methyl/N-ethyl adjacent to an activating group) is 1. The van der Waals surface area contributed by atoms with Gasteiger partial charge >= 0.3 is 0 Å². The average Bonchev–Trinajstić information content (AvgIpc) is 2.27. The van der Waals surface area contributed by atoms with Crippen molar-refractivity contribution >= 4 is 0 Å². The standard InChI is InChI=1S/C13H30N2O/c1-5-14(6-2)10-11-15(13(3)4)9-7-8-12-16/h13,16H,5-12H2,1-4H3. The van der Waals surface area contributed by atoms with Crippen LogP contribution in [0.15, 0.2) is 0 Å². The Balaban J connectivity index is 3.83. The summed E-state index contributed by atoms with van der Waals surface area (Å²) in [6, 6.07) is 0.606. The fourth-order valence-corrected chi connectivity index (χ4v) is 1.86. The van der Waals surface area contributed by atoms with Gasteiger partial charge in [0.2, 0.25) is 0 Å². The Bertz CT molecular complexity index is 147. The van der Waals surface area contributed by atoms with E-state index in [0.29, 0.717) is 12.6 Å². The van der Waals surface area contributed by atoms with Crippen molar-refractivity contribution in [3.05, 3.63) is 0 Å². The summed E-state index contributed by atoms with van der Waals surface area (Å²) < 4.78 is 0. The summed E-state index contributed by atoms with van der Waals surface area (Å²) in [5.74, 6) is 0. The molecule has 98 valence electrons. The molecule has 0 saturated carbocycles. The van der Waals surface area contributed by atoms with Gasteiger partial charge in [-0.3, -0.25) is 4.90 Å². The van der Waals surface area contributed by atoms with Crippen LogP contribution in [0, 0.1) is 0 Å². The van der Waals surface area contributed by atoms with Crippen LogP contribution in [-0.4, -0.2) is 60.3 Å². The minimum atomic E-state index is 0.321. The monoisotopic (exact) mass is 230 g/mol. The fraction of sp³-hybridized carbons (Fsp3) is 1.00. The molecule has 1 N–H and O–H groups in total. The maximum absolute atomic E-state index is 8.79. The molecule has 0 radical (unpaired) electrons. The van der Waals surface area contributed by atoms with Gasteiger partial charge in [0.1, 0.15) is 0 Å². The number of rotatable bonds is 10. The molecule has 0 saturated heterocycles. The highest BCUT2D eigenvalue weighted by Crippen LogP contribution is 2.02. The van der Waals surface area contributed by atoms with Crippen LogP contribution in [0.25, 0.3) is 0 Å². The molecule has 0 aliphatic carbocycles. The van der Waals surface area contributed by atoms with E-state index in [9.17, 15) is 0 Å². The Morgan fingerprint density at radius 3 is 2.00 bits per heavy atom. The third kappa shape index (κ3) is 7.20. The maximum atomic E-state index is 8.79. The van der Waals surface area contributed by atoms with Gasteiger partial charge < -0.3 is 10.0 Å². The van der Waals surface area contributed by atoms with Crippen molar-refractivity contribution in [3.8, 4) is 0 Å². The molecule has 0 unspecified atom stereocenters. The number of hydrogen-bond donors (Lipinski definition) is 1. The Kier molecular flexibility index (Phi) is 9.99. The topological polar surface area (TPSA) is 26.7 Å². The molecule has 0 rings (SSSR count). The summed E-state index contributed by atoms with van der Waals surface area (Å²) in [6.45, 7) is 14.9. The molecule has 0 bridgehead atoms. The maximum Gasteiger partial charge on any atom is 0.0431 e. The zero-order chi connectivity index (χ0) is 12.4. The first-order valence-electron chi connectivity index (χ1n) is 6.72. The second kappa shape index (κ2) is 10.1. The predicted octanol–water partition coefficient (Wildman–Crippen LogP) is 1.81. The lowest BCUT2D eigenvalue weighted by molar-refractivity contribution is 0.174. The quantitative estimate of drug-likeness (QED) is 0.580. The van der Waals surface area contributed by atoms with E-state index >= 15 is 0 Å². The normalized spacial score (nSPS) is 12.0. The highest BCUT2D eigenvalue weighted by molar-refractivity contribution is 4.65. The first-order chi connectivity index (χ1) is 7.65. The smallest absolute Gasteiger partial charge is 0.0431 e. The van der Waals surface area contributed by atoms with Gasteiger partial charge in [0.05, 0.1) is 0 Å². The zero-order valence-electron chi connectivity index (χ0n) is 11.6. The minimum Gasteiger partial charge on any atom is -0.396 e. The van der Waals surface area contributed by atoms with Crippen LogP contribution in [0.5, 0.6) is 0 Å². The second-order valence-corrected chi connectivity index (χ2v) is 4.59. The number of aliphatic hydroxyl groups excluding tert-OH is 1. The third-order valence-corrected chi connectivity index (χ3v) is 3.18. The number of nitrogens with zero attached hydrogens (tertiary/aromatic N) is 2. The van der Waals surface area contributed by atoms with Crippen LogP contribution in [0.1, 0.15) is 40.5 Å². The molecule has 0 aliphatic heterocycles. The zero-order valence-corrected chi connectivity index (χ0v) is 11.6. The van der Waals surface area contributed by atoms with Gasteiger partial charge in [0, 0.05) is 25.7 Å². The van der Waals surface area contributed by atoms with Gasteiger partial charge in [0.15, 0.2) is 0 Å². The van der Waals surface area contributed by atoms with Crippen LogP contribution in [0.4, 0.5) is 0 Å². The van der Waals surface area contributed by atoms with E-state index in [1.54, 1.807) is 0 Å². The molecule has 0 aromatic rings. The van der Waals surface area contributed by atoms with Crippen molar-refractivity contribution in [2.24, 2.45) is 0 Å². The molecule has 0 spiro atoms. The van der Waals surface area contributed by atoms with Crippen molar-refractivity contribution in [3.63, 3.8) is 0 Å². The Hall–Kier alpha value is -0.120. The first kappa shape index (κ1) is 15.9. The molecule has 0 heterocycles. The van der Waals surface area contributed by atoms with Gasteiger partial charge in [-0.05, 0) is 46.3 Å². The third-order valence-electron chi connectivity index (χ3n) is 3.18. The summed E-state index contributed by atoms with van der Waals surface area (Å²) in [5.41, 5.74) is 0. The summed E-state index contributed by atoms with van der Waals surface area (Å²) in [5, 5.41) is 8.79. The van der Waals surface area contributed by atoms with Crippen molar-refractivity contribution in [1.29, 1.82) is 0 Å². The van der Waals surface area contributed by atoms with Crippen LogP contribution < -0.4 is 0 Å². The van der Waals surface area contributed by atoms with Gasteiger partial charge in [-0.1, -0.05) is 13.8 Å². The Morgan fingerprint density at radius 1 is 0.938 bits per heavy atom. The molecule has 0 fully saturated rings. The Morgan fingerprint density at radius 2 is 1.56 bits per heavy atom. The fourth-order valence-electron chi connectivity index (χ4n) is 1.86. The highest BCUT2D eigenvalue weighted by Gasteiger charge is 2.10. The van der Waals surface area contributed by atoms with E-state index in [2.05, 4.69) is 37.5 Å². The van der Waals surface area contributed by atoms with E-state index in [0.717, 1.165) is 45.6 Å². The Labute approximate surface area is 101 Å². The van der Waals surface area contributed by atoms with Crippen molar-refractivity contribution < 1.29 is 5.11 Å². The molecule has 0 aromatic carbocycles. The van der Waals surface area contributed by atoms with Crippen molar-refractivity contribution in [1.82, 2.24) is 9.80 Å². The van der Waals surface area contributed by atoms with Crippen LogP contribution in [-0.2, 0) is 0 Å². The summed E-state index contributed by atoms with van der Waals surface area (Å²) >= 11 is 0. The minimum absolute atomic E-state index is 0.321. The van der Waals surface area contributed by atoms with E-state index in [4.69, 9.17) is 5.11 Å². The molecular weight excluding hydrogens is 200 g/mol. The molecule has 0 aromatic heterocycles. The van der Waals surface area contributed by atoms with Crippen LogP contribution in [0.2, 0.25) is 0 Å². The van der Waals surface area contributed by atoms with Gasteiger partial charge in [-0.25, -0.2) is 0 Å².